The van der Waals surface area contributed by atoms with Crippen LogP contribution in [0, 0.1) is 0 Å². The highest BCUT2D eigenvalue weighted by Gasteiger charge is 2.35. The molecule has 6 nitrogen and oxygen atoms in total. The second-order valence-electron chi connectivity index (χ2n) is 8.37. The summed E-state index contributed by atoms with van der Waals surface area (Å²) in [6.07, 6.45) is 0.856. The molecule has 0 saturated carbocycles. The van der Waals surface area contributed by atoms with Gasteiger partial charge in [0.25, 0.3) is 0 Å². The molecule has 0 spiro atoms. The molecule has 0 bridgehead atoms. The van der Waals surface area contributed by atoms with Crippen molar-refractivity contribution >= 4 is 44.5 Å². The van der Waals surface area contributed by atoms with Crippen molar-refractivity contribution in [2.75, 3.05) is 19.8 Å². The lowest BCUT2D eigenvalue weighted by molar-refractivity contribution is 0.135. The first-order valence-corrected chi connectivity index (χ1v) is 12.6. The number of hydrogen-bond acceptors (Lipinski definition) is 4. The average Bonchev–Trinajstić information content (AvgIpc) is 3.23. The van der Waals surface area contributed by atoms with Gasteiger partial charge in [0.1, 0.15) is 17.5 Å². The molecule has 2 N–H and O–H groups in total. The number of aliphatic hydroxyl groups excluding tert-OH is 1. The van der Waals surface area contributed by atoms with E-state index in [0.717, 1.165) is 26.6 Å². The van der Waals surface area contributed by atoms with Gasteiger partial charge < -0.3 is 19.6 Å². The van der Waals surface area contributed by atoms with Crippen LogP contribution in [-0.4, -0.2) is 40.8 Å². The second-order valence-corrected chi connectivity index (χ2v) is 9.72. The van der Waals surface area contributed by atoms with Gasteiger partial charge in [-0.3, -0.25) is 4.90 Å². The zero-order valence-corrected chi connectivity index (χ0v) is 21.2. The van der Waals surface area contributed by atoms with Crippen LogP contribution in [-0.2, 0) is 6.42 Å². The van der Waals surface area contributed by atoms with Crippen molar-refractivity contribution in [2.45, 2.75) is 18.9 Å². The fourth-order valence-electron chi connectivity index (χ4n) is 4.47. The molecule has 1 aliphatic rings. The summed E-state index contributed by atoms with van der Waals surface area (Å²) in [5.41, 5.74) is 4.15. The summed E-state index contributed by atoms with van der Waals surface area (Å²) in [7, 11) is 0. The van der Waals surface area contributed by atoms with Crippen molar-refractivity contribution in [3.63, 3.8) is 0 Å². The largest absolute Gasteiger partial charge is 0.494 e. The zero-order valence-electron chi connectivity index (χ0n) is 18.8. The van der Waals surface area contributed by atoms with E-state index in [1.165, 1.54) is 5.56 Å². The van der Waals surface area contributed by atoms with Gasteiger partial charge in [0.05, 0.1) is 6.61 Å². The first-order chi connectivity index (χ1) is 17.0. The predicted octanol–water partition coefficient (Wildman–Crippen LogP) is 6.49. The highest BCUT2D eigenvalue weighted by Crippen LogP contribution is 2.40. The van der Waals surface area contributed by atoms with Crippen molar-refractivity contribution in [1.29, 1.82) is 0 Å². The number of amides is 1. The lowest BCUT2D eigenvalue weighted by atomic mass is 9.92. The standard InChI is InChI=1S/C27H24BrClN2O4/c28-18-4-11-24-23(16-18)22-12-13-31(27(33)35-21-9-5-19(29)6-10-21)26(25(22)30-24)17-2-7-20(8-3-17)34-15-1-14-32/h2-11,16,26,30,32H,1,12-15H2. The van der Waals surface area contributed by atoms with Gasteiger partial charge >= 0.3 is 6.09 Å². The van der Waals surface area contributed by atoms with E-state index in [1.54, 1.807) is 29.2 Å². The van der Waals surface area contributed by atoms with E-state index in [9.17, 15) is 4.79 Å². The van der Waals surface area contributed by atoms with Crippen molar-refractivity contribution in [3.05, 3.63) is 93.0 Å². The van der Waals surface area contributed by atoms with Crippen LogP contribution in [0.5, 0.6) is 11.5 Å². The number of aromatic nitrogens is 1. The van der Waals surface area contributed by atoms with E-state index in [-0.39, 0.29) is 12.6 Å². The Morgan fingerprint density at radius 1 is 1.09 bits per heavy atom. The molecule has 1 atom stereocenters. The normalized spacial score (nSPS) is 15.2. The average molecular weight is 556 g/mol. The predicted molar refractivity (Wildman–Crippen MR) is 139 cm³/mol. The lowest BCUT2D eigenvalue weighted by Crippen LogP contribution is -2.42. The Morgan fingerprint density at radius 2 is 1.83 bits per heavy atom. The summed E-state index contributed by atoms with van der Waals surface area (Å²) in [5.74, 6) is 1.16. The third kappa shape index (κ3) is 5.03. The molecule has 2 heterocycles. The molecule has 1 aromatic heterocycles. The molecule has 35 heavy (non-hydrogen) atoms. The molecule has 0 fully saturated rings. The third-order valence-corrected chi connectivity index (χ3v) is 6.85. The molecule has 5 rings (SSSR count). The number of fused-ring (bicyclic) bond motifs is 3. The van der Waals surface area contributed by atoms with E-state index < -0.39 is 6.09 Å². The molecular formula is C27H24BrClN2O4. The van der Waals surface area contributed by atoms with Gasteiger partial charge in [0.15, 0.2) is 0 Å². The number of halogens is 2. The molecule has 1 amide bonds. The Hall–Kier alpha value is -3.00. The summed E-state index contributed by atoms with van der Waals surface area (Å²) in [4.78, 5) is 18.7. The van der Waals surface area contributed by atoms with Gasteiger partial charge in [0.2, 0.25) is 0 Å². The summed E-state index contributed by atoms with van der Waals surface area (Å²) in [6.45, 7) is 1.04. The molecule has 0 saturated heterocycles. The summed E-state index contributed by atoms with van der Waals surface area (Å²) in [5, 5.41) is 10.7. The smallest absolute Gasteiger partial charge is 0.416 e. The van der Waals surface area contributed by atoms with Crippen LogP contribution < -0.4 is 9.47 Å². The van der Waals surface area contributed by atoms with Crippen molar-refractivity contribution in [3.8, 4) is 11.5 Å². The van der Waals surface area contributed by atoms with E-state index >= 15 is 0 Å². The number of ether oxygens (including phenoxy) is 2. The number of H-pyrrole nitrogens is 1. The topological polar surface area (TPSA) is 74.8 Å². The monoisotopic (exact) mass is 554 g/mol. The summed E-state index contributed by atoms with van der Waals surface area (Å²) >= 11 is 9.56. The maximum absolute atomic E-state index is 13.4. The first kappa shape index (κ1) is 23.7. The number of carbonyl (C=O) groups is 1. The molecule has 8 heteroatoms. The molecule has 3 aromatic carbocycles. The highest BCUT2D eigenvalue weighted by atomic mass is 79.9. The Bertz CT molecular complexity index is 1340. The molecule has 0 aliphatic carbocycles. The van der Waals surface area contributed by atoms with Crippen LogP contribution in [0.15, 0.2) is 71.2 Å². The van der Waals surface area contributed by atoms with Gasteiger partial charge in [-0.05, 0) is 72.1 Å². The van der Waals surface area contributed by atoms with Crippen molar-refractivity contribution in [2.24, 2.45) is 0 Å². The number of hydrogen-bond donors (Lipinski definition) is 2. The first-order valence-electron chi connectivity index (χ1n) is 11.4. The quantitative estimate of drug-likeness (QED) is 0.267. The van der Waals surface area contributed by atoms with E-state index in [1.807, 2.05) is 36.4 Å². The Labute approximate surface area is 216 Å². The summed E-state index contributed by atoms with van der Waals surface area (Å²) in [6, 6.07) is 20.3. The molecule has 4 aromatic rings. The highest BCUT2D eigenvalue weighted by molar-refractivity contribution is 9.10. The minimum absolute atomic E-state index is 0.0874. The summed E-state index contributed by atoms with van der Waals surface area (Å²) < 4.78 is 12.4. The van der Waals surface area contributed by atoms with Gasteiger partial charge in [-0.1, -0.05) is 39.7 Å². The number of rotatable bonds is 6. The van der Waals surface area contributed by atoms with Crippen LogP contribution in [0.25, 0.3) is 10.9 Å². The van der Waals surface area contributed by atoms with Gasteiger partial charge in [-0.25, -0.2) is 4.79 Å². The van der Waals surface area contributed by atoms with Crippen molar-refractivity contribution < 1.29 is 19.4 Å². The van der Waals surface area contributed by atoms with Gasteiger partial charge in [-0.15, -0.1) is 0 Å². The minimum Gasteiger partial charge on any atom is -0.494 e. The van der Waals surface area contributed by atoms with Gasteiger partial charge in [0, 0.05) is 45.7 Å². The molecule has 1 aliphatic heterocycles. The molecular weight excluding hydrogens is 532 g/mol. The number of nitrogens with one attached hydrogen (secondary N) is 1. The number of nitrogens with zero attached hydrogens (tertiary/aromatic N) is 1. The Morgan fingerprint density at radius 3 is 2.57 bits per heavy atom. The van der Waals surface area contributed by atoms with Crippen LogP contribution in [0.2, 0.25) is 5.02 Å². The molecule has 1 unspecified atom stereocenters. The van der Waals surface area contributed by atoms with Crippen LogP contribution in [0.1, 0.15) is 29.3 Å². The maximum Gasteiger partial charge on any atom is 0.416 e. The van der Waals surface area contributed by atoms with Crippen LogP contribution >= 0.6 is 27.5 Å². The fourth-order valence-corrected chi connectivity index (χ4v) is 4.95. The fraction of sp³-hybridized carbons (Fsp3) is 0.222. The van der Waals surface area contributed by atoms with E-state index in [2.05, 4.69) is 27.0 Å². The molecule has 0 radical (unpaired) electrons. The van der Waals surface area contributed by atoms with Crippen LogP contribution in [0.4, 0.5) is 4.79 Å². The Kier molecular flexibility index (Phi) is 7.00. The second kappa shape index (κ2) is 10.3. The number of aromatic amines is 1. The third-order valence-electron chi connectivity index (χ3n) is 6.11. The van der Waals surface area contributed by atoms with Crippen molar-refractivity contribution in [1.82, 2.24) is 9.88 Å². The zero-order chi connectivity index (χ0) is 24.4. The minimum atomic E-state index is -0.425. The van der Waals surface area contributed by atoms with Gasteiger partial charge in [-0.2, -0.15) is 0 Å². The number of carbonyl (C=O) groups excluding carboxylic acids is 1. The number of benzene rings is 3. The van der Waals surface area contributed by atoms with Crippen LogP contribution in [0.3, 0.4) is 0 Å². The molecule has 180 valence electrons. The maximum atomic E-state index is 13.4. The number of aliphatic hydroxyl groups is 1. The Balaban J connectivity index is 1.51. The lowest BCUT2D eigenvalue weighted by Gasteiger charge is -2.35. The van der Waals surface area contributed by atoms with E-state index in [0.29, 0.717) is 42.5 Å². The van der Waals surface area contributed by atoms with E-state index in [4.69, 9.17) is 26.2 Å². The SMILES string of the molecule is O=C(Oc1ccc(Cl)cc1)N1CCc2c([nH]c3ccc(Br)cc23)C1c1ccc(OCCCO)cc1.